The van der Waals surface area contributed by atoms with Crippen LogP contribution in [0.2, 0.25) is 0 Å². The van der Waals surface area contributed by atoms with Crippen molar-refractivity contribution in [3.05, 3.63) is 70.5 Å². The second-order valence-electron chi connectivity index (χ2n) is 7.29. The van der Waals surface area contributed by atoms with E-state index in [0.717, 1.165) is 23.4 Å². The number of benzene rings is 2. The highest BCUT2D eigenvalue weighted by molar-refractivity contribution is 6.33. The molecule has 0 aliphatic carbocycles. The van der Waals surface area contributed by atoms with Crippen molar-refractivity contribution in [1.82, 2.24) is 0 Å². The van der Waals surface area contributed by atoms with Crippen molar-refractivity contribution >= 4 is 35.8 Å². The van der Waals surface area contributed by atoms with Crippen LogP contribution >= 0.6 is 0 Å². The van der Waals surface area contributed by atoms with Crippen LogP contribution in [0.1, 0.15) is 35.1 Å². The molecule has 0 aromatic heterocycles. The van der Waals surface area contributed by atoms with Gasteiger partial charge >= 0.3 is 5.97 Å². The number of carboxylic acid groups (broad SMARTS) is 1. The van der Waals surface area contributed by atoms with Crippen LogP contribution in [0.5, 0.6) is 0 Å². The van der Waals surface area contributed by atoms with Gasteiger partial charge in [-0.1, -0.05) is 37.3 Å². The van der Waals surface area contributed by atoms with Gasteiger partial charge in [-0.05, 0) is 29.2 Å². The first-order chi connectivity index (χ1) is 14.5. The number of carboxylic acids is 1. The molecule has 7 heteroatoms. The Labute approximate surface area is 173 Å². The van der Waals surface area contributed by atoms with E-state index in [1.807, 2.05) is 11.0 Å². The van der Waals surface area contributed by atoms with Crippen LogP contribution in [0.4, 0.5) is 11.4 Å². The highest BCUT2D eigenvalue weighted by atomic mass is 16.4. The molecule has 30 heavy (non-hydrogen) atoms. The number of aryl methyl sites for hydroxylation is 1. The van der Waals surface area contributed by atoms with Gasteiger partial charge in [0.1, 0.15) is 0 Å². The van der Waals surface area contributed by atoms with Crippen LogP contribution in [-0.4, -0.2) is 29.5 Å². The third kappa shape index (κ3) is 3.39. The smallest absolute Gasteiger partial charge is 0.307 e. The molecule has 1 atom stereocenters. The summed E-state index contributed by atoms with van der Waals surface area (Å²) in [6, 6.07) is 11.8. The molecule has 4 rings (SSSR count). The molecular formula is C23H21N3O4. The SMILES string of the molecule is CCc1ccc(CN2C3=CN=CC(=O)C3c3c2ccc(CC(=O)O)c3NC=O)cc1. The Morgan fingerprint density at radius 3 is 2.60 bits per heavy atom. The number of carbonyl (C=O) groups excluding carboxylic acids is 2. The Balaban J connectivity index is 1.83. The number of hydrogen-bond acceptors (Lipinski definition) is 5. The highest BCUT2D eigenvalue weighted by Crippen LogP contribution is 2.50. The maximum Gasteiger partial charge on any atom is 0.307 e. The summed E-state index contributed by atoms with van der Waals surface area (Å²) in [6.45, 7) is 2.63. The van der Waals surface area contributed by atoms with Gasteiger partial charge in [0.15, 0.2) is 5.78 Å². The van der Waals surface area contributed by atoms with Crippen molar-refractivity contribution in [3.63, 3.8) is 0 Å². The summed E-state index contributed by atoms with van der Waals surface area (Å²) in [5.41, 5.74) is 5.26. The number of nitrogens with one attached hydrogen (secondary N) is 1. The average molecular weight is 403 g/mol. The summed E-state index contributed by atoms with van der Waals surface area (Å²) in [5, 5.41) is 11.9. The number of amides is 1. The van der Waals surface area contributed by atoms with Crippen LogP contribution in [0, 0.1) is 0 Å². The third-order valence-electron chi connectivity index (χ3n) is 5.51. The van der Waals surface area contributed by atoms with Gasteiger partial charge in [-0.15, -0.1) is 0 Å². The van der Waals surface area contributed by atoms with E-state index in [4.69, 9.17) is 0 Å². The van der Waals surface area contributed by atoms with E-state index in [9.17, 15) is 19.5 Å². The van der Waals surface area contributed by atoms with Crippen molar-refractivity contribution in [3.8, 4) is 0 Å². The van der Waals surface area contributed by atoms with Crippen LogP contribution in [0.25, 0.3) is 0 Å². The lowest BCUT2D eigenvalue weighted by atomic mass is 9.90. The van der Waals surface area contributed by atoms with Crippen molar-refractivity contribution in [1.29, 1.82) is 0 Å². The first-order valence-corrected chi connectivity index (χ1v) is 9.73. The van der Waals surface area contributed by atoms with Gasteiger partial charge in [-0.3, -0.25) is 19.4 Å². The number of Topliss-reactive ketones (excluding diaryl/α,β-unsaturated/α-hetero) is 1. The number of fused-ring (bicyclic) bond motifs is 3. The first kappa shape index (κ1) is 19.6. The van der Waals surface area contributed by atoms with E-state index in [1.54, 1.807) is 12.3 Å². The highest BCUT2D eigenvalue weighted by Gasteiger charge is 2.41. The zero-order valence-electron chi connectivity index (χ0n) is 16.5. The van der Waals surface area contributed by atoms with Gasteiger partial charge in [0, 0.05) is 24.0 Å². The molecular weight excluding hydrogens is 382 g/mol. The zero-order chi connectivity index (χ0) is 21.3. The monoisotopic (exact) mass is 403 g/mol. The standard InChI is InChI=1S/C23H21N3O4/c1-2-14-3-5-15(6-4-14)12-26-17-8-7-16(9-20(29)30)23(25-13-27)22(17)21-18(26)10-24-11-19(21)28/h3-8,10-11,13,21H,2,9,12H2,1H3,(H,25,27)(H,29,30). The number of hydrogen-bond donors (Lipinski definition) is 2. The molecule has 2 aliphatic heterocycles. The number of allylic oxidation sites excluding steroid dienone is 1. The topological polar surface area (TPSA) is 99.1 Å². The Morgan fingerprint density at radius 1 is 1.20 bits per heavy atom. The van der Waals surface area contributed by atoms with E-state index in [0.29, 0.717) is 29.8 Å². The maximum absolute atomic E-state index is 12.8. The van der Waals surface area contributed by atoms with Gasteiger partial charge in [0.2, 0.25) is 6.41 Å². The molecule has 0 saturated heterocycles. The zero-order valence-corrected chi connectivity index (χ0v) is 16.5. The fraction of sp³-hybridized carbons (Fsp3) is 0.217. The lowest BCUT2D eigenvalue weighted by Crippen LogP contribution is -2.24. The number of aliphatic carboxylic acids is 1. The molecule has 2 aromatic rings. The number of aliphatic imine (C=N–C) groups is 1. The van der Waals surface area contributed by atoms with Crippen molar-refractivity contribution in [2.24, 2.45) is 4.99 Å². The van der Waals surface area contributed by atoms with E-state index in [2.05, 4.69) is 41.5 Å². The third-order valence-corrected chi connectivity index (χ3v) is 5.51. The van der Waals surface area contributed by atoms with Crippen LogP contribution in [0.3, 0.4) is 0 Å². The summed E-state index contributed by atoms with van der Waals surface area (Å²) < 4.78 is 0. The molecule has 152 valence electrons. The quantitative estimate of drug-likeness (QED) is 0.693. The minimum absolute atomic E-state index is 0.195. The fourth-order valence-corrected chi connectivity index (χ4v) is 4.10. The van der Waals surface area contributed by atoms with Crippen LogP contribution in [0.15, 0.2) is 53.3 Å². The number of anilines is 2. The molecule has 2 aromatic carbocycles. The minimum atomic E-state index is -1.01. The predicted octanol–water partition coefficient (Wildman–Crippen LogP) is 3.04. The minimum Gasteiger partial charge on any atom is -0.481 e. The van der Waals surface area contributed by atoms with Crippen LogP contribution < -0.4 is 10.2 Å². The molecule has 7 nitrogen and oxygen atoms in total. The molecule has 2 aliphatic rings. The average Bonchev–Trinajstić information content (AvgIpc) is 3.05. The van der Waals surface area contributed by atoms with Gasteiger partial charge in [0.25, 0.3) is 0 Å². The molecule has 0 saturated carbocycles. The van der Waals surface area contributed by atoms with E-state index in [1.165, 1.54) is 11.8 Å². The molecule has 2 heterocycles. The normalized spacial score (nSPS) is 16.7. The molecule has 0 radical (unpaired) electrons. The van der Waals surface area contributed by atoms with Gasteiger partial charge < -0.3 is 15.3 Å². The molecule has 1 amide bonds. The maximum atomic E-state index is 12.8. The largest absolute Gasteiger partial charge is 0.481 e. The molecule has 0 bridgehead atoms. The first-order valence-electron chi connectivity index (χ1n) is 9.73. The van der Waals surface area contributed by atoms with E-state index < -0.39 is 11.9 Å². The molecule has 0 spiro atoms. The second-order valence-corrected chi connectivity index (χ2v) is 7.29. The van der Waals surface area contributed by atoms with Crippen molar-refractivity contribution < 1.29 is 19.5 Å². The summed E-state index contributed by atoms with van der Waals surface area (Å²) >= 11 is 0. The van der Waals surface area contributed by atoms with Gasteiger partial charge in [-0.2, -0.15) is 0 Å². The summed E-state index contributed by atoms with van der Waals surface area (Å²) in [5.74, 6) is -1.83. The number of rotatable bonds is 7. The predicted molar refractivity (Wildman–Crippen MR) is 114 cm³/mol. The number of nitrogens with zero attached hydrogens (tertiary/aromatic N) is 2. The molecule has 2 N–H and O–H groups in total. The van der Waals surface area contributed by atoms with Crippen LogP contribution in [-0.2, 0) is 33.8 Å². The fourth-order valence-electron chi connectivity index (χ4n) is 4.10. The summed E-state index contributed by atoms with van der Waals surface area (Å²) in [4.78, 5) is 41.5. The Bertz CT molecular complexity index is 1090. The van der Waals surface area contributed by atoms with Crippen molar-refractivity contribution in [2.45, 2.75) is 32.2 Å². The molecule has 1 unspecified atom stereocenters. The summed E-state index contributed by atoms with van der Waals surface area (Å²) in [7, 11) is 0. The van der Waals surface area contributed by atoms with Gasteiger partial charge in [-0.25, -0.2) is 0 Å². The van der Waals surface area contributed by atoms with Gasteiger partial charge in [0.05, 0.1) is 29.9 Å². The Kier molecular flexibility index (Phi) is 5.18. The van der Waals surface area contributed by atoms with E-state index in [-0.39, 0.29) is 12.2 Å². The Hall–Kier alpha value is -3.74. The number of ketones is 1. The number of carbonyl (C=O) groups is 3. The second kappa shape index (κ2) is 7.94. The van der Waals surface area contributed by atoms with E-state index >= 15 is 0 Å². The lowest BCUT2D eigenvalue weighted by molar-refractivity contribution is -0.136. The molecule has 0 fully saturated rings. The Morgan fingerprint density at radius 2 is 1.93 bits per heavy atom. The van der Waals surface area contributed by atoms with Crippen molar-refractivity contribution in [2.75, 3.05) is 10.2 Å². The summed E-state index contributed by atoms with van der Waals surface area (Å²) in [6.07, 6.45) is 4.14. The lowest BCUT2D eigenvalue weighted by Gasteiger charge is -2.23.